The summed E-state index contributed by atoms with van der Waals surface area (Å²) in [6.45, 7) is 5.98. The maximum Gasteiger partial charge on any atom is 0.257 e. The van der Waals surface area contributed by atoms with Gasteiger partial charge in [-0.05, 0) is 56.7 Å². The number of aromatic nitrogens is 4. The first-order chi connectivity index (χ1) is 13.0. The average molecular weight is 361 g/mol. The lowest BCUT2D eigenvalue weighted by molar-refractivity contribution is 0.102. The van der Waals surface area contributed by atoms with Crippen LogP contribution in [0.15, 0.2) is 53.4 Å². The number of anilines is 1. The summed E-state index contributed by atoms with van der Waals surface area (Å²) >= 11 is 0. The Kier molecular flexibility index (Phi) is 4.19. The third kappa shape index (κ3) is 3.19. The quantitative estimate of drug-likeness (QED) is 0.588. The summed E-state index contributed by atoms with van der Waals surface area (Å²) in [7, 11) is 0. The molecule has 4 aromatic heterocycles. The average Bonchev–Trinajstić information content (AvgIpc) is 3.30. The Balaban J connectivity index is 1.84. The van der Waals surface area contributed by atoms with Crippen molar-refractivity contribution >= 4 is 22.8 Å². The minimum absolute atomic E-state index is 0.108. The molecule has 0 saturated carbocycles. The number of hydrogen-bond donors (Lipinski definition) is 1. The predicted octanol–water partition coefficient (Wildman–Crippen LogP) is 4.23. The van der Waals surface area contributed by atoms with Gasteiger partial charge >= 0.3 is 0 Å². The van der Waals surface area contributed by atoms with Crippen LogP contribution in [-0.4, -0.2) is 25.7 Å². The Morgan fingerprint density at radius 2 is 2.11 bits per heavy atom. The zero-order chi connectivity index (χ0) is 19.0. The Bertz CT molecular complexity index is 1110. The number of nitrogens with zero attached hydrogens (tertiary/aromatic N) is 4. The molecule has 136 valence electrons. The lowest BCUT2D eigenvalue weighted by Crippen LogP contribution is -2.14. The molecule has 4 rings (SSSR count). The van der Waals surface area contributed by atoms with Crippen molar-refractivity contribution in [3.8, 4) is 11.5 Å². The zero-order valence-electron chi connectivity index (χ0n) is 15.3. The number of furan rings is 1. The van der Waals surface area contributed by atoms with E-state index in [1.54, 1.807) is 35.5 Å². The molecule has 0 saturated heterocycles. The summed E-state index contributed by atoms with van der Waals surface area (Å²) in [5.74, 6) is 0.827. The van der Waals surface area contributed by atoms with E-state index in [1.165, 1.54) is 0 Å². The van der Waals surface area contributed by atoms with E-state index in [-0.39, 0.29) is 11.9 Å². The van der Waals surface area contributed by atoms with Crippen LogP contribution in [0.3, 0.4) is 0 Å². The first-order valence-electron chi connectivity index (χ1n) is 8.69. The van der Waals surface area contributed by atoms with E-state index >= 15 is 0 Å². The second-order valence-corrected chi connectivity index (χ2v) is 6.63. The van der Waals surface area contributed by atoms with Gasteiger partial charge in [-0.2, -0.15) is 5.10 Å². The third-order valence-corrected chi connectivity index (χ3v) is 4.23. The predicted molar refractivity (Wildman–Crippen MR) is 103 cm³/mol. The lowest BCUT2D eigenvalue weighted by Gasteiger charge is -2.10. The number of amides is 1. The molecular weight excluding hydrogens is 342 g/mol. The van der Waals surface area contributed by atoms with Crippen LogP contribution in [0.4, 0.5) is 5.82 Å². The molecule has 0 aliphatic heterocycles. The highest BCUT2D eigenvalue weighted by molar-refractivity contribution is 6.12. The second-order valence-electron chi connectivity index (χ2n) is 6.63. The van der Waals surface area contributed by atoms with Gasteiger partial charge in [-0.3, -0.25) is 4.79 Å². The number of carbonyl (C=O) groups is 1. The molecule has 0 spiro atoms. The van der Waals surface area contributed by atoms with Crippen molar-refractivity contribution in [2.24, 2.45) is 0 Å². The summed E-state index contributed by atoms with van der Waals surface area (Å²) in [6, 6.07) is 9.13. The van der Waals surface area contributed by atoms with Gasteiger partial charge in [0.1, 0.15) is 11.5 Å². The van der Waals surface area contributed by atoms with Crippen molar-refractivity contribution < 1.29 is 9.21 Å². The Labute approximate surface area is 156 Å². The van der Waals surface area contributed by atoms with Gasteiger partial charge in [0.2, 0.25) is 0 Å². The molecule has 0 aromatic carbocycles. The molecule has 7 nitrogen and oxygen atoms in total. The van der Waals surface area contributed by atoms with Crippen molar-refractivity contribution in [3.63, 3.8) is 0 Å². The maximum atomic E-state index is 13.0. The van der Waals surface area contributed by atoms with E-state index in [2.05, 4.69) is 20.4 Å². The number of nitrogens with one attached hydrogen (secondary N) is 1. The molecule has 0 aliphatic carbocycles. The van der Waals surface area contributed by atoms with Crippen LogP contribution in [0, 0.1) is 6.92 Å². The van der Waals surface area contributed by atoms with Crippen LogP contribution in [0.25, 0.3) is 22.5 Å². The van der Waals surface area contributed by atoms with Gasteiger partial charge in [0, 0.05) is 12.2 Å². The van der Waals surface area contributed by atoms with Crippen molar-refractivity contribution in [1.82, 2.24) is 19.7 Å². The van der Waals surface area contributed by atoms with Gasteiger partial charge in [-0.15, -0.1) is 0 Å². The van der Waals surface area contributed by atoms with Crippen LogP contribution in [0.2, 0.25) is 0 Å². The Hall–Kier alpha value is -3.48. The standard InChI is InChI=1S/C20H19N5O2/c1-12(2)25-19-15(11-22-25)14(10-16(23-19)17-5-4-8-27-17)20(26)24-18-9-13(3)6-7-21-18/h4-12H,1-3H3,(H,21,24,26). The molecule has 0 radical (unpaired) electrons. The van der Waals surface area contributed by atoms with Crippen molar-refractivity contribution in [1.29, 1.82) is 0 Å². The monoisotopic (exact) mass is 361 g/mol. The van der Waals surface area contributed by atoms with Gasteiger partial charge < -0.3 is 9.73 Å². The number of pyridine rings is 2. The highest BCUT2D eigenvalue weighted by Crippen LogP contribution is 2.27. The van der Waals surface area contributed by atoms with Crippen LogP contribution < -0.4 is 5.32 Å². The van der Waals surface area contributed by atoms with Gasteiger partial charge in [-0.1, -0.05) is 0 Å². The summed E-state index contributed by atoms with van der Waals surface area (Å²) in [5, 5.41) is 7.95. The molecule has 27 heavy (non-hydrogen) atoms. The Morgan fingerprint density at radius 1 is 1.26 bits per heavy atom. The van der Waals surface area contributed by atoms with E-state index < -0.39 is 0 Å². The summed E-state index contributed by atoms with van der Waals surface area (Å²) in [4.78, 5) is 21.9. The molecule has 1 N–H and O–H groups in total. The maximum absolute atomic E-state index is 13.0. The number of fused-ring (bicyclic) bond motifs is 1. The smallest absolute Gasteiger partial charge is 0.257 e. The largest absolute Gasteiger partial charge is 0.463 e. The van der Waals surface area contributed by atoms with Gasteiger partial charge in [0.05, 0.1) is 23.4 Å². The van der Waals surface area contributed by atoms with Crippen molar-refractivity contribution in [2.75, 3.05) is 5.32 Å². The first-order valence-corrected chi connectivity index (χ1v) is 8.69. The summed E-state index contributed by atoms with van der Waals surface area (Å²) in [5.41, 5.74) is 2.71. The molecule has 0 fully saturated rings. The lowest BCUT2D eigenvalue weighted by atomic mass is 10.1. The SMILES string of the molecule is Cc1ccnc(NC(=O)c2cc(-c3ccco3)nc3c2cnn3C(C)C)c1. The van der Waals surface area contributed by atoms with Crippen LogP contribution in [0.5, 0.6) is 0 Å². The Morgan fingerprint density at radius 3 is 2.81 bits per heavy atom. The minimum atomic E-state index is -0.267. The van der Waals surface area contributed by atoms with Crippen LogP contribution in [0.1, 0.15) is 35.8 Å². The molecule has 0 unspecified atom stereocenters. The van der Waals surface area contributed by atoms with Gasteiger partial charge in [0.25, 0.3) is 5.91 Å². The molecule has 0 atom stereocenters. The fraction of sp³-hybridized carbons (Fsp3) is 0.200. The molecule has 7 heteroatoms. The molecule has 4 aromatic rings. The molecule has 0 bridgehead atoms. The number of aryl methyl sites for hydroxylation is 1. The van der Waals surface area contributed by atoms with E-state index in [0.29, 0.717) is 33.9 Å². The van der Waals surface area contributed by atoms with Crippen LogP contribution >= 0.6 is 0 Å². The molecule has 0 aliphatic rings. The normalized spacial score (nSPS) is 11.3. The minimum Gasteiger partial charge on any atom is -0.463 e. The summed E-state index contributed by atoms with van der Waals surface area (Å²) in [6.07, 6.45) is 4.92. The number of carbonyl (C=O) groups excluding carboxylic acids is 1. The van der Waals surface area contributed by atoms with Crippen LogP contribution in [-0.2, 0) is 0 Å². The van der Waals surface area contributed by atoms with E-state index in [4.69, 9.17) is 4.42 Å². The van der Waals surface area contributed by atoms with E-state index in [1.807, 2.05) is 39.0 Å². The van der Waals surface area contributed by atoms with E-state index in [9.17, 15) is 4.79 Å². The topological polar surface area (TPSA) is 85.8 Å². The highest BCUT2D eigenvalue weighted by atomic mass is 16.3. The summed E-state index contributed by atoms with van der Waals surface area (Å²) < 4.78 is 7.27. The first kappa shape index (κ1) is 17.0. The van der Waals surface area contributed by atoms with Gasteiger partial charge in [-0.25, -0.2) is 14.6 Å². The zero-order valence-corrected chi connectivity index (χ0v) is 15.3. The third-order valence-electron chi connectivity index (χ3n) is 4.23. The van der Waals surface area contributed by atoms with Crippen molar-refractivity contribution in [2.45, 2.75) is 26.8 Å². The fourth-order valence-corrected chi connectivity index (χ4v) is 2.92. The number of hydrogen-bond acceptors (Lipinski definition) is 5. The van der Waals surface area contributed by atoms with Crippen molar-refractivity contribution in [3.05, 3.63) is 60.1 Å². The molecular formula is C20H19N5O2. The highest BCUT2D eigenvalue weighted by Gasteiger charge is 2.19. The number of rotatable bonds is 4. The molecule has 1 amide bonds. The second kappa shape index (κ2) is 6.68. The fourth-order valence-electron chi connectivity index (χ4n) is 2.92. The van der Waals surface area contributed by atoms with Gasteiger partial charge in [0.15, 0.2) is 11.4 Å². The molecule has 4 heterocycles. The van der Waals surface area contributed by atoms with E-state index in [0.717, 1.165) is 5.56 Å².